The number of thioether (sulfide) groups is 1. The maximum absolute atomic E-state index is 11.0. The minimum atomic E-state index is -0.854. The van der Waals surface area contributed by atoms with Crippen molar-refractivity contribution in [3.05, 3.63) is 0 Å². The quantitative estimate of drug-likeness (QED) is 0.667. The Bertz CT molecular complexity index is 221. The van der Waals surface area contributed by atoms with Crippen LogP contribution in [-0.4, -0.2) is 27.5 Å². The monoisotopic (exact) mass is 233 g/mol. The van der Waals surface area contributed by atoms with E-state index in [-0.39, 0.29) is 5.25 Å². The lowest BCUT2D eigenvalue weighted by Crippen LogP contribution is -2.29. The number of hydrogen-bond donors (Lipinski definition) is 2. The molecule has 5 heteroatoms. The van der Waals surface area contributed by atoms with Crippen molar-refractivity contribution in [3.8, 4) is 0 Å². The van der Waals surface area contributed by atoms with Gasteiger partial charge < -0.3 is 10.8 Å². The summed E-state index contributed by atoms with van der Waals surface area (Å²) in [5.74, 6) is -1.28. The highest BCUT2D eigenvalue weighted by molar-refractivity contribution is 8.01. The highest BCUT2D eigenvalue weighted by Gasteiger charge is 2.24. The van der Waals surface area contributed by atoms with Crippen LogP contribution in [0.15, 0.2) is 0 Å². The molecule has 0 aromatic heterocycles. The van der Waals surface area contributed by atoms with Crippen molar-refractivity contribution < 1.29 is 14.7 Å². The SMILES string of the molecule is CCCC[C@@H](S[C@H](CC)C(N)=O)C(=O)O. The molecule has 15 heavy (non-hydrogen) atoms. The molecule has 4 nitrogen and oxygen atoms in total. The molecule has 0 radical (unpaired) electrons. The first-order valence-electron chi connectivity index (χ1n) is 5.20. The molecule has 0 aromatic carbocycles. The number of carbonyl (C=O) groups excluding carboxylic acids is 1. The molecule has 0 spiro atoms. The highest BCUT2D eigenvalue weighted by atomic mass is 32.2. The van der Waals surface area contributed by atoms with Gasteiger partial charge in [0.1, 0.15) is 5.25 Å². The van der Waals surface area contributed by atoms with Gasteiger partial charge in [0.05, 0.1) is 5.25 Å². The van der Waals surface area contributed by atoms with Gasteiger partial charge in [0.2, 0.25) is 5.91 Å². The lowest BCUT2D eigenvalue weighted by atomic mass is 10.2. The number of carboxylic acid groups (broad SMARTS) is 1. The summed E-state index contributed by atoms with van der Waals surface area (Å²) in [7, 11) is 0. The molecule has 0 aromatic rings. The smallest absolute Gasteiger partial charge is 0.316 e. The van der Waals surface area contributed by atoms with Gasteiger partial charge in [-0.25, -0.2) is 0 Å². The zero-order valence-corrected chi connectivity index (χ0v) is 10.0. The lowest BCUT2D eigenvalue weighted by Gasteiger charge is -2.16. The Labute approximate surface area is 94.6 Å². The third kappa shape index (κ3) is 5.67. The van der Waals surface area contributed by atoms with Crippen LogP contribution in [0.2, 0.25) is 0 Å². The van der Waals surface area contributed by atoms with Gasteiger partial charge in [-0.15, -0.1) is 11.8 Å². The van der Waals surface area contributed by atoms with Crippen LogP contribution < -0.4 is 5.73 Å². The fourth-order valence-corrected chi connectivity index (χ4v) is 2.34. The first-order chi connectivity index (χ1) is 7.02. The third-order valence-corrected chi connectivity index (χ3v) is 3.77. The van der Waals surface area contributed by atoms with Crippen molar-refractivity contribution in [2.75, 3.05) is 0 Å². The molecule has 0 rings (SSSR count). The summed E-state index contributed by atoms with van der Waals surface area (Å²) < 4.78 is 0. The van der Waals surface area contributed by atoms with E-state index < -0.39 is 17.1 Å². The number of primary amides is 1. The molecule has 88 valence electrons. The number of hydrogen-bond acceptors (Lipinski definition) is 3. The summed E-state index contributed by atoms with van der Waals surface area (Å²) in [6, 6.07) is 0. The largest absolute Gasteiger partial charge is 0.480 e. The Morgan fingerprint density at radius 1 is 1.33 bits per heavy atom. The maximum atomic E-state index is 11.0. The first kappa shape index (κ1) is 14.3. The van der Waals surface area contributed by atoms with Crippen LogP contribution in [0.5, 0.6) is 0 Å². The number of aliphatic carboxylic acids is 1. The zero-order valence-electron chi connectivity index (χ0n) is 9.23. The van der Waals surface area contributed by atoms with Crippen LogP contribution in [0.3, 0.4) is 0 Å². The minimum Gasteiger partial charge on any atom is -0.480 e. The van der Waals surface area contributed by atoms with Crippen molar-refractivity contribution in [2.24, 2.45) is 5.73 Å². The molecule has 2 atom stereocenters. The van der Waals surface area contributed by atoms with Crippen LogP contribution in [-0.2, 0) is 9.59 Å². The van der Waals surface area contributed by atoms with Gasteiger partial charge >= 0.3 is 5.97 Å². The van der Waals surface area contributed by atoms with E-state index in [2.05, 4.69) is 0 Å². The summed E-state index contributed by atoms with van der Waals surface area (Å²) in [6.07, 6.45) is 2.99. The van der Waals surface area contributed by atoms with E-state index in [1.165, 1.54) is 11.8 Å². The number of rotatable bonds is 8. The van der Waals surface area contributed by atoms with Crippen LogP contribution in [0, 0.1) is 0 Å². The third-order valence-electron chi connectivity index (χ3n) is 2.11. The molecule has 3 N–H and O–H groups in total. The Balaban J connectivity index is 4.25. The number of amides is 1. The zero-order chi connectivity index (χ0) is 11.8. The van der Waals surface area contributed by atoms with Crippen molar-refractivity contribution >= 4 is 23.6 Å². The first-order valence-corrected chi connectivity index (χ1v) is 6.14. The van der Waals surface area contributed by atoms with Crippen molar-refractivity contribution in [1.82, 2.24) is 0 Å². The second kappa shape index (κ2) is 7.56. The Kier molecular flexibility index (Phi) is 7.21. The summed E-state index contributed by atoms with van der Waals surface area (Å²) in [5, 5.41) is 8.06. The Morgan fingerprint density at radius 3 is 2.27 bits per heavy atom. The standard InChI is InChI=1S/C10H19NO3S/c1-3-5-6-8(10(13)14)15-7(4-2)9(11)12/h7-8H,3-6H2,1-2H3,(H2,11,12)(H,13,14)/t7-,8-/m1/s1. The molecule has 0 aliphatic carbocycles. The van der Waals surface area contributed by atoms with E-state index in [1.807, 2.05) is 13.8 Å². The van der Waals surface area contributed by atoms with Crippen molar-refractivity contribution in [1.29, 1.82) is 0 Å². The van der Waals surface area contributed by atoms with Gasteiger partial charge in [0, 0.05) is 0 Å². The molecule has 0 saturated heterocycles. The van der Waals surface area contributed by atoms with Crippen LogP contribution in [0.25, 0.3) is 0 Å². The summed E-state index contributed by atoms with van der Waals surface area (Å²) in [4.78, 5) is 21.9. The lowest BCUT2D eigenvalue weighted by molar-refractivity contribution is -0.136. The highest BCUT2D eigenvalue weighted by Crippen LogP contribution is 2.24. The van der Waals surface area contributed by atoms with E-state index in [0.29, 0.717) is 12.8 Å². The average molecular weight is 233 g/mol. The van der Waals surface area contributed by atoms with Crippen LogP contribution in [0.4, 0.5) is 0 Å². The maximum Gasteiger partial charge on any atom is 0.316 e. The molecular formula is C10H19NO3S. The second-order valence-electron chi connectivity index (χ2n) is 3.40. The van der Waals surface area contributed by atoms with E-state index in [0.717, 1.165) is 12.8 Å². The van der Waals surface area contributed by atoms with Gasteiger partial charge in [0.15, 0.2) is 0 Å². The van der Waals surface area contributed by atoms with E-state index in [4.69, 9.17) is 10.8 Å². The summed E-state index contributed by atoms with van der Waals surface area (Å²) in [6.45, 7) is 3.84. The van der Waals surface area contributed by atoms with E-state index >= 15 is 0 Å². The Morgan fingerprint density at radius 2 is 1.93 bits per heavy atom. The second-order valence-corrected chi connectivity index (χ2v) is 4.81. The molecule has 0 fully saturated rings. The molecule has 1 amide bonds. The van der Waals surface area contributed by atoms with Crippen molar-refractivity contribution in [3.63, 3.8) is 0 Å². The molecule has 0 aliphatic rings. The fraction of sp³-hybridized carbons (Fsp3) is 0.800. The number of nitrogens with two attached hydrogens (primary N) is 1. The summed E-state index contributed by atoms with van der Waals surface area (Å²) >= 11 is 1.17. The van der Waals surface area contributed by atoms with E-state index in [9.17, 15) is 9.59 Å². The van der Waals surface area contributed by atoms with E-state index in [1.54, 1.807) is 0 Å². The van der Waals surface area contributed by atoms with Gasteiger partial charge in [0.25, 0.3) is 0 Å². The van der Waals surface area contributed by atoms with Gasteiger partial charge in [-0.3, -0.25) is 9.59 Å². The molecule has 0 unspecified atom stereocenters. The Hall–Kier alpha value is -0.710. The molecule has 0 bridgehead atoms. The van der Waals surface area contributed by atoms with Gasteiger partial charge in [-0.1, -0.05) is 26.7 Å². The topological polar surface area (TPSA) is 80.4 Å². The average Bonchev–Trinajstić information content (AvgIpc) is 2.17. The molecule has 0 saturated carbocycles. The molecule has 0 aliphatic heterocycles. The number of carbonyl (C=O) groups is 2. The minimum absolute atomic E-state index is 0.386. The normalized spacial score (nSPS) is 14.5. The van der Waals surface area contributed by atoms with Crippen LogP contribution >= 0.6 is 11.8 Å². The number of unbranched alkanes of at least 4 members (excludes halogenated alkanes) is 1. The summed E-state index contributed by atoms with van der Waals surface area (Å²) in [5.41, 5.74) is 5.17. The van der Waals surface area contributed by atoms with Gasteiger partial charge in [-0.05, 0) is 12.8 Å². The van der Waals surface area contributed by atoms with Gasteiger partial charge in [-0.2, -0.15) is 0 Å². The molecular weight excluding hydrogens is 214 g/mol. The van der Waals surface area contributed by atoms with Crippen molar-refractivity contribution in [2.45, 2.75) is 50.0 Å². The molecule has 0 heterocycles. The predicted molar refractivity (Wildman–Crippen MR) is 61.8 cm³/mol. The van der Waals surface area contributed by atoms with Crippen LogP contribution in [0.1, 0.15) is 39.5 Å². The predicted octanol–water partition coefficient (Wildman–Crippen LogP) is 1.63. The number of carboxylic acids is 1. The fourth-order valence-electron chi connectivity index (χ4n) is 1.20.